The van der Waals surface area contributed by atoms with E-state index in [1.165, 1.54) is 40.7 Å². The summed E-state index contributed by atoms with van der Waals surface area (Å²) in [4.78, 5) is 12.4. The fraction of sp³-hybridized carbons (Fsp3) is 0.211. The normalized spacial score (nSPS) is 15.9. The van der Waals surface area contributed by atoms with Crippen molar-refractivity contribution in [3.05, 3.63) is 70.0 Å². The van der Waals surface area contributed by atoms with Gasteiger partial charge in [-0.05, 0) is 64.0 Å². The number of ketones is 1. The topological polar surface area (TPSA) is 63.7 Å². The van der Waals surface area contributed by atoms with Gasteiger partial charge in [0.15, 0.2) is 5.78 Å². The van der Waals surface area contributed by atoms with Gasteiger partial charge in [0.1, 0.15) is 5.82 Å². The minimum absolute atomic E-state index is 0.146. The molecule has 142 valence electrons. The summed E-state index contributed by atoms with van der Waals surface area (Å²) in [5, 5.41) is 0. The zero-order valence-corrected chi connectivity index (χ0v) is 16.7. The Hall–Kier alpha value is -1.87. The summed E-state index contributed by atoms with van der Waals surface area (Å²) >= 11 is 3.09. The number of hydrogen-bond acceptors (Lipinski definition) is 4. The second-order valence-electron chi connectivity index (χ2n) is 5.91. The first-order chi connectivity index (χ1) is 12.9. The summed E-state index contributed by atoms with van der Waals surface area (Å²) in [5.74, 6) is -0.652. The van der Waals surface area contributed by atoms with Crippen LogP contribution in [-0.2, 0) is 14.8 Å². The van der Waals surface area contributed by atoms with Crippen molar-refractivity contribution in [2.75, 3.05) is 26.3 Å². The molecule has 5 nitrogen and oxygen atoms in total. The highest BCUT2D eigenvalue weighted by atomic mass is 79.9. The van der Waals surface area contributed by atoms with Crippen molar-refractivity contribution in [3.63, 3.8) is 0 Å². The molecule has 8 heteroatoms. The van der Waals surface area contributed by atoms with Crippen LogP contribution in [0.4, 0.5) is 4.39 Å². The maximum atomic E-state index is 13.2. The highest BCUT2D eigenvalue weighted by Crippen LogP contribution is 2.19. The van der Waals surface area contributed by atoms with Gasteiger partial charge in [-0.2, -0.15) is 4.31 Å². The number of benzene rings is 2. The standard InChI is InChI=1S/C19H17BrFNO4S/c20-17-13-14(1-7-18(17)21)2-8-19(23)15-3-5-16(6-4-15)27(24,25)22-9-11-26-12-10-22/h1-8,13H,9-12H2/b8-2+. The molecule has 0 atom stereocenters. The van der Waals surface area contributed by atoms with E-state index in [1.54, 1.807) is 18.2 Å². The zero-order valence-electron chi connectivity index (χ0n) is 14.3. The van der Waals surface area contributed by atoms with Gasteiger partial charge in [0.2, 0.25) is 10.0 Å². The van der Waals surface area contributed by atoms with Crippen LogP contribution in [0.25, 0.3) is 6.08 Å². The van der Waals surface area contributed by atoms with Gasteiger partial charge in [0.25, 0.3) is 0 Å². The Kier molecular flexibility index (Phi) is 6.21. The molecule has 0 radical (unpaired) electrons. The molecule has 0 saturated carbocycles. The minimum Gasteiger partial charge on any atom is -0.379 e. The number of morpholine rings is 1. The van der Waals surface area contributed by atoms with E-state index in [4.69, 9.17) is 4.74 Å². The molecule has 0 spiro atoms. The molecule has 2 aromatic carbocycles. The maximum Gasteiger partial charge on any atom is 0.243 e. The third kappa shape index (κ3) is 4.70. The second-order valence-corrected chi connectivity index (χ2v) is 8.70. The Labute approximate surface area is 165 Å². The first-order valence-electron chi connectivity index (χ1n) is 8.23. The van der Waals surface area contributed by atoms with Crippen molar-refractivity contribution in [2.24, 2.45) is 0 Å². The van der Waals surface area contributed by atoms with Gasteiger partial charge in [0.05, 0.1) is 22.6 Å². The quantitative estimate of drug-likeness (QED) is 0.513. The first kappa shape index (κ1) is 19.9. The summed E-state index contributed by atoms with van der Waals surface area (Å²) in [6, 6.07) is 10.3. The number of carbonyl (C=O) groups is 1. The number of ether oxygens (including phenoxy) is 1. The lowest BCUT2D eigenvalue weighted by molar-refractivity contribution is 0.0730. The summed E-state index contributed by atoms with van der Waals surface area (Å²) in [7, 11) is -3.59. The fourth-order valence-electron chi connectivity index (χ4n) is 2.61. The van der Waals surface area contributed by atoms with Crippen LogP contribution >= 0.6 is 15.9 Å². The molecule has 3 rings (SSSR count). The molecule has 1 fully saturated rings. The second kappa shape index (κ2) is 8.43. The van der Waals surface area contributed by atoms with E-state index in [2.05, 4.69) is 15.9 Å². The molecule has 0 aliphatic carbocycles. The van der Waals surface area contributed by atoms with Crippen molar-refractivity contribution >= 4 is 37.8 Å². The third-order valence-electron chi connectivity index (χ3n) is 4.12. The summed E-state index contributed by atoms with van der Waals surface area (Å²) in [6.07, 6.45) is 2.94. The van der Waals surface area contributed by atoms with E-state index in [9.17, 15) is 17.6 Å². The predicted octanol–water partition coefficient (Wildman–Crippen LogP) is 3.51. The van der Waals surface area contributed by atoms with Crippen LogP contribution in [0.15, 0.2) is 57.9 Å². The van der Waals surface area contributed by atoms with Crippen molar-refractivity contribution < 1.29 is 22.3 Å². The van der Waals surface area contributed by atoms with E-state index >= 15 is 0 Å². The Morgan fingerprint density at radius 2 is 1.78 bits per heavy atom. The summed E-state index contributed by atoms with van der Waals surface area (Å²) in [6.45, 7) is 1.39. The van der Waals surface area contributed by atoms with Crippen LogP contribution in [0.1, 0.15) is 15.9 Å². The number of allylic oxidation sites excluding steroid dienone is 1. The van der Waals surface area contributed by atoms with Gasteiger partial charge in [-0.3, -0.25) is 4.79 Å². The van der Waals surface area contributed by atoms with Crippen LogP contribution < -0.4 is 0 Å². The molecular formula is C19H17BrFNO4S. The van der Waals surface area contributed by atoms with Gasteiger partial charge >= 0.3 is 0 Å². The first-order valence-corrected chi connectivity index (χ1v) is 10.5. The number of hydrogen-bond donors (Lipinski definition) is 0. The molecule has 1 heterocycles. The van der Waals surface area contributed by atoms with Crippen LogP contribution in [0.2, 0.25) is 0 Å². The lowest BCUT2D eigenvalue weighted by Gasteiger charge is -2.26. The van der Waals surface area contributed by atoms with Crippen molar-refractivity contribution in [1.82, 2.24) is 4.31 Å². The number of nitrogens with zero attached hydrogens (tertiary/aromatic N) is 1. The SMILES string of the molecule is O=C(/C=C/c1ccc(F)c(Br)c1)c1ccc(S(=O)(=O)N2CCOCC2)cc1. The largest absolute Gasteiger partial charge is 0.379 e. The fourth-order valence-corrected chi connectivity index (χ4v) is 4.42. The van der Waals surface area contributed by atoms with Crippen LogP contribution in [0.5, 0.6) is 0 Å². The zero-order chi connectivity index (χ0) is 19.4. The molecular weight excluding hydrogens is 437 g/mol. The lowest BCUT2D eigenvalue weighted by atomic mass is 10.1. The van der Waals surface area contributed by atoms with Gasteiger partial charge < -0.3 is 4.74 Å². The molecule has 1 aliphatic rings. The van der Waals surface area contributed by atoms with Crippen LogP contribution in [-0.4, -0.2) is 44.8 Å². The van der Waals surface area contributed by atoms with Crippen molar-refractivity contribution in [3.8, 4) is 0 Å². The van der Waals surface area contributed by atoms with E-state index in [0.29, 0.717) is 41.9 Å². The molecule has 0 bridgehead atoms. The van der Waals surface area contributed by atoms with E-state index in [1.807, 2.05) is 0 Å². The van der Waals surface area contributed by atoms with Gasteiger partial charge in [0, 0.05) is 18.7 Å². The van der Waals surface area contributed by atoms with Crippen LogP contribution in [0.3, 0.4) is 0 Å². The van der Waals surface area contributed by atoms with Gasteiger partial charge in [-0.25, -0.2) is 12.8 Å². The van der Waals surface area contributed by atoms with E-state index < -0.39 is 10.0 Å². The highest BCUT2D eigenvalue weighted by Gasteiger charge is 2.26. The summed E-state index contributed by atoms with van der Waals surface area (Å²) < 4.78 is 45.2. The molecule has 1 aliphatic heterocycles. The third-order valence-corrected chi connectivity index (χ3v) is 6.64. The monoisotopic (exact) mass is 453 g/mol. The average Bonchev–Trinajstić information content (AvgIpc) is 2.69. The van der Waals surface area contributed by atoms with Gasteiger partial charge in [-0.15, -0.1) is 0 Å². The van der Waals surface area contributed by atoms with Gasteiger partial charge in [-0.1, -0.05) is 12.1 Å². The molecule has 0 amide bonds. The lowest BCUT2D eigenvalue weighted by Crippen LogP contribution is -2.40. The predicted molar refractivity (Wildman–Crippen MR) is 103 cm³/mol. The minimum atomic E-state index is -3.59. The maximum absolute atomic E-state index is 13.2. The number of carbonyl (C=O) groups excluding carboxylic acids is 1. The smallest absolute Gasteiger partial charge is 0.243 e. The average molecular weight is 454 g/mol. The highest BCUT2D eigenvalue weighted by molar-refractivity contribution is 9.10. The molecule has 0 unspecified atom stereocenters. The van der Waals surface area contributed by atoms with E-state index in [0.717, 1.165) is 0 Å². The van der Waals surface area contributed by atoms with E-state index in [-0.39, 0.29) is 16.5 Å². The molecule has 27 heavy (non-hydrogen) atoms. The Balaban J connectivity index is 1.73. The Bertz CT molecular complexity index is 968. The molecule has 1 saturated heterocycles. The van der Waals surface area contributed by atoms with Crippen molar-refractivity contribution in [1.29, 1.82) is 0 Å². The molecule has 0 aromatic heterocycles. The van der Waals surface area contributed by atoms with Crippen LogP contribution in [0, 0.1) is 5.82 Å². The number of rotatable bonds is 5. The number of sulfonamides is 1. The van der Waals surface area contributed by atoms with Crippen molar-refractivity contribution in [2.45, 2.75) is 4.90 Å². The number of halogens is 2. The molecule has 2 aromatic rings. The Morgan fingerprint density at radius 1 is 1.11 bits per heavy atom. The summed E-state index contributed by atoms with van der Waals surface area (Å²) in [5.41, 5.74) is 1.04. The Morgan fingerprint density at radius 3 is 2.41 bits per heavy atom. The molecule has 0 N–H and O–H groups in total.